The minimum atomic E-state index is 0.677. The summed E-state index contributed by atoms with van der Waals surface area (Å²) in [7, 11) is 4.23. The summed E-state index contributed by atoms with van der Waals surface area (Å²) in [6, 6.07) is 0.677. The van der Waals surface area contributed by atoms with Crippen molar-refractivity contribution >= 4 is 0 Å². The van der Waals surface area contributed by atoms with E-state index in [2.05, 4.69) is 26.8 Å². The molecular weight excluding hydrogens is 188 g/mol. The molecule has 1 aromatic rings. The van der Waals surface area contributed by atoms with E-state index in [0.717, 1.165) is 6.54 Å². The maximum absolute atomic E-state index is 4.11. The summed E-state index contributed by atoms with van der Waals surface area (Å²) in [5, 5.41) is 3.60. The SMILES string of the molecule is CN1CCC(NCc2cncn2C)CC1. The minimum Gasteiger partial charge on any atom is -0.337 e. The second-order valence-electron chi connectivity index (χ2n) is 4.45. The number of hydrogen-bond acceptors (Lipinski definition) is 3. The zero-order chi connectivity index (χ0) is 10.7. The normalized spacial score (nSPS) is 19.6. The van der Waals surface area contributed by atoms with Crippen LogP contribution in [0.3, 0.4) is 0 Å². The van der Waals surface area contributed by atoms with Gasteiger partial charge >= 0.3 is 0 Å². The van der Waals surface area contributed by atoms with Crippen molar-refractivity contribution in [3.05, 3.63) is 18.2 Å². The molecule has 0 spiro atoms. The summed E-state index contributed by atoms with van der Waals surface area (Å²) in [6.07, 6.45) is 6.30. The average Bonchev–Trinajstić information content (AvgIpc) is 2.63. The number of nitrogens with zero attached hydrogens (tertiary/aromatic N) is 3. The minimum absolute atomic E-state index is 0.677. The van der Waals surface area contributed by atoms with E-state index >= 15 is 0 Å². The van der Waals surface area contributed by atoms with Crippen LogP contribution in [-0.2, 0) is 13.6 Å². The Morgan fingerprint density at radius 2 is 2.13 bits per heavy atom. The van der Waals surface area contributed by atoms with Gasteiger partial charge in [-0.15, -0.1) is 0 Å². The van der Waals surface area contributed by atoms with Crippen molar-refractivity contribution in [3.63, 3.8) is 0 Å². The van der Waals surface area contributed by atoms with Gasteiger partial charge in [0.25, 0.3) is 0 Å². The number of rotatable bonds is 3. The molecule has 0 saturated carbocycles. The molecule has 0 aromatic carbocycles. The van der Waals surface area contributed by atoms with Crippen molar-refractivity contribution in [2.24, 2.45) is 7.05 Å². The lowest BCUT2D eigenvalue weighted by atomic mass is 10.1. The fraction of sp³-hybridized carbons (Fsp3) is 0.727. The molecule has 1 N–H and O–H groups in total. The number of nitrogens with one attached hydrogen (secondary N) is 1. The van der Waals surface area contributed by atoms with Crippen LogP contribution in [0.15, 0.2) is 12.5 Å². The number of aromatic nitrogens is 2. The molecular formula is C11H20N4. The topological polar surface area (TPSA) is 33.1 Å². The molecule has 0 bridgehead atoms. The molecule has 2 rings (SSSR count). The Morgan fingerprint density at radius 1 is 1.40 bits per heavy atom. The van der Waals surface area contributed by atoms with Gasteiger partial charge in [-0.3, -0.25) is 0 Å². The molecule has 4 heteroatoms. The second-order valence-corrected chi connectivity index (χ2v) is 4.45. The van der Waals surface area contributed by atoms with E-state index < -0.39 is 0 Å². The zero-order valence-corrected chi connectivity index (χ0v) is 9.61. The summed E-state index contributed by atoms with van der Waals surface area (Å²) in [6.45, 7) is 3.36. The van der Waals surface area contributed by atoms with Gasteiger partial charge in [0.1, 0.15) is 0 Å². The van der Waals surface area contributed by atoms with Crippen LogP contribution in [0.4, 0.5) is 0 Å². The van der Waals surface area contributed by atoms with E-state index in [4.69, 9.17) is 0 Å². The molecule has 0 atom stereocenters. The van der Waals surface area contributed by atoms with Crippen molar-refractivity contribution in [2.45, 2.75) is 25.4 Å². The molecule has 1 aromatic heterocycles. The van der Waals surface area contributed by atoms with Gasteiger partial charge in [-0.05, 0) is 33.0 Å². The molecule has 15 heavy (non-hydrogen) atoms. The Morgan fingerprint density at radius 3 is 2.73 bits per heavy atom. The van der Waals surface area contributed by atoms with Crippen LogP contribution in [0.1, 0.15) is 18.5 Å². The van der Waals surface area contributed by atoms with Crippen molar-refractivity contribution in [1.29, 1.82) is 0 Å². The summed E-state index contributed by atoms with van der Waals surface area (Å²) in [4.78, 5) is 6.50. The first kappa shape index (κ1) is 10.6. The first-order valence-electron chi connectivity index (χ1n) is 5.63. The summed E-state index contributed by atoms with van der Waals surface area (Å²) < 4.78 is 2.07. The fourth-order valence-corrected chi connectivity index (χ4v) is 2.02. The number of imidazole rings is 1. The van der Waals surface area contributed by atoms with Crippen molar-refractivity contribution in [2.75, 3.05) is 20.1 Å². The molecule has 1 aliphatic rings. The molecule has 1 aliphatic heterocycles. The van der Waals surface area contributed by atoms with E-state index in [9.17, 15) is 0 Å². The lowest BCUT2D eigenvalue weighted by Crippen LogP contribution is -2.40. The highest BCUT2D eigenvalue weighted by atomic mass is 15.1. The van der Waals surface area contributed by atoms with Gasteiger partial charge in [-0.25, -0.2) is 4.98 Å². The third-order valence-corrected chi connectivity index (χ3v) is 3.21. The Kier molecular flexibility index (Phi) is 3.38. The van der Waals surface area contributed by atoms with Crippen LogP contribution in [0.25, 0.3) is 0 Å². The monoisotopic (exact) mass is 208 g/mol. The molecule has 84 valence electrons. The maximum atomic E-state index is 4.11. The van der Waals surface area contributed by atoms with Gasteiger partial charge < -0.3 is 14.8 Å². The van der Waals surface area contributed by atoms with E-state index in [1.807, 2.05) is 19.6 Å². The largest absolute Gasteiger partial charge is 0.337 e. The van der Waals surface area contributed by atoms with Gasteiger partial charge in [-0.1, -0.05) is 0 Å². The lowest BCUT2D eigenvalue weighted by molar-refractivity contribution is 0.233. The summed E-state index contributed by atoms with van der Waals surface area (Å²) in [5.74, 6) is 0. The van der Waals surface area contributed by atoms with Crippen LogP contribution in [0.5, 0.6) is 0 Å². The van der Waals surface area contributed by atoms with Gasteiger partial charge in [-0.2, -0.15) is 0 Å². The van der Waals surface area contributed by atoms with Gasteiger partial charge in [0.15, 0.2) is 0 Å². The highest BCUT2D eigenvalue weighted by Gasteiger charge is 2.15. The lowest BCUT2D eigenvalue weighted by Gasteiger charge is -2.29. The van der Waals surface area contributed by atoms with E-state index in [-0.39, 0.29) is 0 Å². The average molecular weight is 208 g/mol. The standard InChI is InChI=1S/C11H20N4/c1-14-5-3-10(4-6-14)13-8-11-7-12-9-15(11)2/h7,9-10,13H,3-6,8H2,1-2H3. The van der Waals surface area contributed by atoms with Gasteiger partial charge in [0.2, 0.25) is 0 Å². The van der Waals surface area contributed by atoms with Crippen LogP contribution >= 0.6 is 0 Å². The Bertz CT molecular complexity index is 299. The molecule has 0 amide bonds. The van der Waals surface area contributed by atoms with E-state index in [1.165, 1.54) is 31.6 Å². The molecule has 0 radical (unpaired) electrons. The number of piperidine rings is 1. The maximum Gasteiger partial charge on any atom is 0.0945 e. The van der Waals surface area contributed by atoms with E-state index in [1.54, 1.807) is 0 Å². The molecule has 1 saturated heterocycles. The highest BCUT2D eigenvalue weighted by molar-refractivity contribution is 4.97. The smallest absolute Gasteiger partial charge is 0.0945 e. The predicted molar refractivity (Wildman–Crippen MR) is 60.6 cm³/mol. The highest BCUT2D eigenvalue weighted by Crippen LogP contribution is 2.09. The van der Waals surface area contributed by atoms with Gasteiger partial charge in [0, 0.05) is 25.8 Å². The van der Waals surface area contributed by atoms with Crippen LogP contribution in [0, 0.1) is 0 Å². The molecule has 4 nitrogen and oxygen atoms in total. The number of hydrogen-bond donors (Lipinski definition) is 1. The zero-order valence-electron chi connectivity index (χ0n) is 9.61. The summed E-state index contributed by atoms with van der Waals surface area (Å²) >= 11 is 0. The van der Waals surface area contributed by atoms with Crippen LogP contribution < -0.4 is 5.32 Å². The predicted octanol–water partition coefficient (Wildman–Crippen LogP) is 0.604. The fourth-order valence-electron chi connectivity index (χ4n) is 2.02. The third-order valence-electron chi connectivity index (χ3n) is 3.21. The third kappa shape index (κ3) is 2.79. The molecule has 0 aliphatic carbocycles. The van der Waals surface area contributed by atoms with Gasteiger partial charge in [0.05, 0.1) is 12.0 Å². The number of likely N-dealkylation sites (tertiary alicyclic amines) is 1. The van der Waals surface area contributed by atoms with Crippen LogP contribution in [0.2, 0.25) is 0 Å². The van der Waals surface area contributed by atoms with Crippen LogP contribution in [-0.4, -0.2) is 40.6 Å². The van der Waals surface area contributed by atoms with Crippen molar-refractivity contribution in [1.82, 2.24) is 19.8 Å². The Hall–Kier alpha value is -0.870. The van der Waals surface area contributed by atoms with Crippen molar-refractivity contribution in [3.8, 4) is 0 Å². The van der Waals surface area contributed by atoms with E-state index in [0.29, 0.717) is 6.04 Å². The number of aryl methyl sites for hydroxylation is 1. The van der Waals surface area contributed by atoms with Crippen molar-refractivity contribution < 1.29 is 0 Å². The molecule has 1 fully saturated rings. The Balaban J connectivity index is 1.77. The molecule has 2 heterocycles. The quantitative estimate of drug-likeness (QED) is 0.790. The Labute approximate surface area is 91.3 Å². The first-order chi connectivity index (χ1) is 7.25. The molecule has 0 unspecified atom stereocenters. The second kappa shape index (κ2) is 4.77. The first-order valence-corrected chi connectivity index (χ1v) is 5.63. The summed E-state index contributed by atoms with van der Waals surface area (Å²) in [5.41, 5.74) is 1.26.